The van der Waals surface area contributed by atoms with Crippen LogP contribution in [0.1, 0.15) is 32.4 Å². The van der Waals surface area contributed by atoms with Crippen molar-refractivity contribution in [1.82, 2.24) is 24.8 Å². The zero-order valence-electron chi connectivity index (χ0n) is 14.1. The highest BCUT2D eigenvalue weighted by molar-refractivity contribution is 5.78. The summed E-state index contributed by atoms with van der Waals surface area (Å²) in [7, 11) is 0. The number of aromatic nitrogens is 3. The van der Waals surface area contributed by atoms with Gasteiger partial charge in [0.05, 0.1) is 12.1 Å². The maximum Gasteiger partial charge on any atom is 0.229 e. The molecule has 0 unspecified atom stereocenters. The van der Waals surface area contributed by atoms with E-state index in [1.807, 2.05) is 18.0 Å². The lowest BCUT2D eigenvalue weighted by Crippen LogP contribution is -2.57. The van der Waals surface area contributed by atoms with Crippen LogP contribution in [0, 0.1) is 0 Å². The zero-order chi connectivity index (χ0) is 16.2. The summed E-state index contributed by atoms with van der Waals surface area (Å²) in [4.78, 5) is 17.1. The van der Waals surface area contributed by atoms with Crippen LogP contribution in [0.25, 0.3) is 0 Å². The quantitative estimate of drug-likeness (QED) is 0.810. The molecule has 0 spiro atoms. The van der Waals surface area contributed by atoms with Crippen molar-refractivity contribution in [2.24, 2.45) is 0 Å². The molecule has 2 saturated heterocycles. The van der Waals surface area contributed by atoms with Gasteiger partial charge < -0.3 is 9.64 Å². The van der Waals surface area contributed by atoms with Gasteiger partial charge in [-0.1, -0.05) is 5.21 Å². The van der Waals surface area contributed by atoms with E-state index >= 15 is 0 Å². The molecule has 1 aromatic heterocycles. The molecule has 1 amide bonds. The van der Waals surface area contributed by atoms with Crippen LogP contribution in [0.4, 0.5) is 0 Å². The Hall–Kier alpha value is -1.47. The van der Waals surface area contributed by atoms with Crippen molar-refractivity contribution in [3.8, 4) is 0 Å². The average molecular weight is 321 g/mol. The van der Waals surface area contributed by atoms with E-state index in [1.165, 1.54) is 0 Å². The van der Waals surface area contributed by atoms with Gasteiger partial charge in [0.2, 0.25) is 5.91 Å². The fourth-order valence-corrected chi connectivity index (χ4v) is 3.57. The molecule has 2 aliphatic heterocycles. The molecular formula is C16H27N5O2. The highest BCUT2D eigenvalue weighted by Crippen LogP contribution is 2.19. The summed E-state index contributed by atoms with van der Waals surface area (Å²) in [6, 6.07) is 0.869. The van der Waals surface area contributed by atoms with Crippen LogP contribution < -0.4 is 0 Å². The average Bonchev–Trinajstić information content (AvgIpc) is 3.03. The van der Waals surface area contributed by atoms with Crippen LogP contribution >= 0.6 is 0 Å². The SMILES string of the molecule is CCn1cc(CC(=O)N2CCN(C3CCOCC3)C[C@@H]2C)nn1. The molecule has 128 valence electrons. The van der Waals surface area contributed by atoms with E-state index in [1.54, 1.807) is 4.68 Å². The van der Waals surface area contributed by atoms with Crippen LogP contribution in [-0.2, 0) is 22.5 Å². The molecule has 0 aliphatic carbocycles. The van der Waals surface area contributed by atoms with Crippen molar-refractivity contribution in [2.75, 3.05) is 32.8 Å². The Morgan fingerprint density at radius 3 is 2.78 bits per heavy atom. The number of hydrogen-bond donors (Lipinski definition) is 0. The zero-order valence-corrected chi connectivity index (χ0v) is 14.1. The number of ether oxygens (including phenoxy) is 1. The highest BCUT2D eigenvalue weighted by atomic mass is 16.5. The van der Waals surface area contributed by atoms with Crippen molar-refractivity contribution < 1.29 is 9.53 Å². The van der Waals surface area contributed by atoms with Gasteiger partial charge in [-0.3, -0.25) is 14.4 Å². The Morgan fingerprint density at radius 1 is 1.35 bits per heavy atom. The van der Waals surface area contributed by atoms with Crippen LogP contribution in [0.5, 0.6) is 0 Å². The maximum atomic E-state index is 12.6. The topological polar surface area (TPSA) is 63.5 Å². The summed E-state index contributed by atoms with van der Waals surface area (Å²) in [5.74, 6) is 0.160. The van der Waals surface area contributed by atoms with Crippen molar-refractivity contribution in [1.29, 1.82) is 0 Å². The van der Waals surface area contributed by atoms with Gasteiger partial charge in [0.15, 0.2) is 0 Å². The van der Waals surface area contributed by atoms with E-state index < -0.39 is 0 Å². The van der Waals surface area contributed by atoms with E-state index in [2.05, 4.69) is 22.1 Å². The van der Waals surface area contributed by atoms with E-state index in [0.29, 0.717) is 12.5 Å². The first-order valence-electron chi connectivity index (χ1n) is 8.67. The molecule has 7 heteroatoms. The van der Waals surface area contributed by atoms with Crippen molar-refractivity contribution in [2.45, 2.75) is 51.7 Å². The van der Waals surface area contributed by atoms with Gasteiger partial charge in [-0.2, -0.15) is 0 Å². The Labute approximate surface area is 137 Å². The summed E-state index contributed by atoms with van der Waals surface area (Å²) in [5, 5.41) is 8.08. The molecule has 23 heavy (non-hydrogen) atoms. The summed E-state index contributed by atoms with van der Waals surface area (Å²) in [6.07, 6.45) is 4.43. The number of hydrogen-bond acceptors (Lipinski definition) is 5. The van der Waals surface area contributed by atoms with Gasteiger partial charge >= 0.3 is 0 Å². The third-order valence-electron chi connectivity index (χ3n) is 4.93. The molecule has 3 heterocycles. The van der Waals surface area contributed by atoms with E-state index in [0.717, 1.165) is 57.9 Å². The lowest BCUT2D eigenvalue weighted by Gasteiger charge is -2.44. The van der Waals surface area contributed by atoms with Gasteiger partial charge in [-0.15, -0.1) is 5.10 Å². The maximum absolute atomic E-state index is 12.6. The van der Waals surface area contributed by atoms with Crippen molar-refractivity contribution in [3.63, 3.8) is 0 Å². The fourth-order valence-electron chi connectivity index (χ4n) is 3.57. The third kappa shape index (κ3) is 3.90. The Morgan fingerprint density at radius 2 is 2.13 bits per heavy atom. The summed E-state index contributed by atoms with van der Waals surface area (Å²) >= 11 is 0. The van der Waals surface area contributed by atoms with Gasteiger partial charge in [0.25, 0.3) is 0 Å². The number of rotatable bonds is 4. The van der Waals surface area contributed by atoms with Crippen LogP contribution in [-0.4, -0.2) is 75.6 Å². The van der Waals surface area contributed by atoms with E-state index in [-0.39, 0.29) is 11.9 Å². The van der Waals surface area contributed by atoms with Crippen molar-refractivity contribution in [3.05, 3.63) is 11.9 Å². The second kappa shape index (κ2) is 7.40. The largest absolute Gasteiger partial charge is 0.381 e. The second-order valence-electron chi connectivity index (χ2n) is 6.52. The van der Waals surface area contributed by atoms with Crippen molar-refractivity contribution >= 4 is 5.91 Å². The molecular weight excluding hydrogens is 294 g/mol. The number of carbonyl (C=O) groups excluding carboxylic acids is 1. The molecule has 7 nitrogen and oxygen atoms in total. The molecule has 3 rings (SSSR count). The third-order valence-corrected chi connectivity index (χ3v) is 4.93. The summed E-state index contributed by atoms with van der Waals surface area (Å²) in [6.45, 7) is 9.39. The molecule has 0 N–H and O–H groups in total. The first-order chi connectivity index (χ1) is 11.2. The number of aryl methyl sites for hydroxylation is 1. The minimum atomic E-state index is 0.160. The first kappa shape index (κ1) is 16.4. The Bertz CT molecular complexity index is 526. The number of amides is 1. The fraction of sp³-hybridized carbons (Fsp3) is 0.812. The van der Waals surface area contributed by atoms with E-state index in [9.17, 15) is 4.79 Å². The van der Waals surface area contributed by atoms with E-state index in [4.69, 9.17) is 4.74 Å². The first-order valence-corrected chi connectivity index (χ1v) is 8.67. The predicted molar refractivity (Wildman–Crippen MR) is 86.0 cm³/mol. The smallest absolute Gasteiger partial charge is 0.229 e. The molecule has 1 aromatic rings. The van der Waals surface area contributed by atoms with Gasteiger partial charge in [0.1, 0.15) is 0 Å². The summed E-state index contributed by atoms with van der Waals surface area (Å²) < 4.78 is 7.21. The Balaban J connectivity index is 1.53. The number of carbonyl (C=O) groups is 1. The molecule has 0 saturated carbocycles. The van der Waals surface area contributed by atoms with Crippen LogP contribution in [0.15, 0.2) is 6.20 Å². The predicted octanol–water partition coefficient (Wildman–Crippen LogP) is 0.552. The van der Waals surface area contributed by atoms with Crippen LogP contribution in [0.3, 0.4) is 0 Å². The summed E-state index contributed by atoms with van der Waals surface area (Å²) in [5.41, 5.74) is 0.760. The minimum absolute atomic E-state index is 0.160. The number of piperazine rings is 1. The van der Waals surface area contributed by atoms with Crippen LogP contribution in [0.2, 0.25) is 0 Å². The lowest BCUT2D eigenvalue weighted by molar-refractivity contribution is -0.136. The minimum Gasteiger partial charge on any atom is -0.381 e. The second-order valence-corrected chi connectivity index (χ2v) is 6.52. The van der Waals surface area contributed by atoms with Gasteiger partial charge in [0, 0.05) is 57.7 Å². The monoisotopic (exact) mass is 321 g/mol. The lowest BCUT2D eigenvalue weighted by atomic mass is 10.0. The Kier molecular flexibility index (Phi) is 5.27. The normalized spacial score (nSPS) is 24.1. The molecule has 2 fully saturated rings. The molecule has 0 bridgehead atoms. The standard InChI is InChI=1S/C16H27N5O2/c1-3-20-12-14(17-18-20)10-16(22)21-7-6-19(11-13(21)2)15-4-8-23-9-5-15/h12-13,15H,3-11H2,1-2H3/t13-/m0/s1. The van der Waals surface area contributed by atoms with Gasteiger partial charge in [-0.25, -0.2) is 0 Å². The van der Waals surface area contributed by atoms with Gasteiger partial charge in [-0.05, 0) is 26.7 Å². The molecule has 0 aromatic carbocycles. The molecule has 1 atom stereocenters. The molecule has 0 radical (unpaired) electrons. The molecule has 2 aliphatic rings. The highest BCUT2D eigenvalue weighted by Gasteiger charge is 2.31. The number of nitrogens with zero attached hydrogens (tertiary/aromatic N) is 5.